The zero-order chi connectivity index (χ0) is 10.6. The van der Waals surface area contributed by atoms with E-state index in [0.29, 0.717) is 0 Å². The van der Waals surface area contributed by atoms with Crippen LogP contribution in [0.3, 0.4) is 0 Å². The summed E-state index contributed by atoms with van der Waals surface area (Å²) in [5.41, 5.74) is 1.79. The maximum atomic E-state index is 3.81. The topological polar surface area (TPSA) is 72.8 Å². The molecule has 15 heavy (non-hydrogen) atoms. The Bertz CT molecular complexity index is 160. The van der Waals surface area contributed by atoms with Crippen molar-refractivity contribution in [3.63, 3.8) is 0 Å². The van der Waals surface area contributed by atoms with E-state index in [1.165, 1.54) is 11.9 Å². The third kappa shape index (κ3) is 9.03. The molecule has 0 saturated carbocycles. The Morgan fingerprint density at radius 3 is 2.13 bits per heavy atom. The number of hydrogen-bond donors (Lipinski definition) is 4. The van der Waals surface area contributed by atoms with Crippen molar-refractivity contribution in [2.24, 2.45) is 9.98 Å². The smallest absolute Gasteiger partial charge is 0.106 e. The van der Waals surface area contributed by atoms with E-state index in [9.17, 15) is 0 Å². The van der Waals surface area contributed by atoms with Gasteiger partial charge in [0, 0.05) is 25.2 Å². The van der Waals surface area contributed by atoms with Crippen molar-refractivity contribution in [1.29, 1.82) is 0 Å². The summed E-state index contributed by atoms with van der Waals surface area (Å²) in [7, 11) is 0. The van der Waals surface area contributed by atoms with Gasteiger partial charge in [-0.3, -0.25) is 9.98 Å². The van der Waals surface area contributed by atoms with Gasteiger partial charge in [0.25, 0.3) is 0 Å². The molecule has 3 aliphatic heterocycles. The molecule has 6 nitrogen and oxygen atoms in total. The van der Waals surface area contributed by atoms with E-state index in [1.54, 1.807) is 36.0 Å². The molecule has 0 aromatic heterocycles. The van der Waals surface area contributed by atoms with E-state index >= 15 is 0 Å². The first-order valence-corrected chi connectivity index (χ1v) is 7.02. The molecular formula is C6H14N6S3. The van der Waals surface area contributed by atoms with Gasteiger partial charge < -0.3 is 4.72 Å². The van der Waals surface area contributed by atoms with Crippen LogP contribution < -0.4 is 18.9 Å². The number of aliphatic imine (C=N–C) groups is 2. The lowest BCUT2D eigenvalue weighted by Crippen LogP contribution is -1.99. The molecule has 0 amide bonds. The highest BCUT2D eigenvalue weighted by Gasteiger charge is 1.92. The maximum Gasteiger partial charge on any atom is 0.106 e. The van der Waals surface area contributed by atoms with E-state index in [-0.39, 0.29) is 0 Å². The van der Waals surface area contributed by atoms with E-state index in [1.807, 2.05) is 0 Å². The molecule has 9 heteroatoms. The molecule has 0 aliphatic carbocycles. The molecule has 86 valence electrons. The molecule has 4 N–H and O–H groups in total. The van der Waals surface area contributed by atoms with Gasteiger partial charge in [0.15, 0.2) is 0 Å². The Balaban J connectivity index is 0.000000112. The second-order valence-electron chi connectivity index (χ2n) is 2.30. The van der Waals surface area contributed by atoms with Crippen molar-refractivity contribution < 1.29 is 0 Å². The fourth-order valence-electron chi connectivity index (χ4n) is 0.628. The molecule has 0 bridgehead atoms. The molecule has 3 aliphatic rings. The summed E-state index contributed by atoms with van der Waals surface area (Å²) in [6, 6.07) is 0. The highest BCUT2D eigenvalue weighted by atomic mass is 32.2. The van der Waals surface area contributed by atoms with Gasteiger partial charge in [0.1, 0.15) is 5.88 Å². The van der Waals surface area contributed by atoms with E-state index in [2.05, 4.69) is 28.9 Å². The fraction of sp³-hybridized carbons (Fsp3) is 0.667. The lowest BCUT2D eigenvalue weighted by atomic mass is 10.7. The van der Waals surface area contributed by atoms with Crippen molar-refractivity contribution in [3.8, 4) is 0 Å². The molecule has 0 atom stereocenters. The highest BCUT2D eigenvalue weighted by molar-refractivity contribution is 8.10. The summed E-state index contributed by atoms with van der Waals surface area (Å²) in [6.45, 7) is 2.99. The van der Waals surface area contributed by atoms with Crippen molar-refractivity contribution in [3.05, 3.63) is 0 Å². The van der Waals surface area contributed by atoms with Gasteiger partial charge >= 0.3 is 0 Å². The van der Waals surface area contributed by atoms with E-state index in [0.717, 1.165) is 25.6 Å². The lowest BCUT2D eigenvalue weighted by molar-refractivity contribution is 0.942. The largest absolute Gasteiger partial charge is 0.319 e. The average Bonchev–Trinajstić information content (AvgIpc) is 3.09. The zero-order valence-electron chi connectivity index (χ0n) is 8.10. The Labute approximate surface area is 102 Å². The third-order valence-corrected chi connectivity index (χ3v) is 3.00. The standard InChI is InChI=1S/2C2H4N2S.C2H6N2S/c2*1-3-2-5-4-1;1-2-4-5-3-1/h2,4H,1H2;1H,2H2,(H,3,4);3-4H,1-2H2. The number of rotatable bonds is 0. The summed E-state index contributed by atoms with van der Waals surface area (Å²) in [5.74, 6) is 0.875. The number of nitrogens with zero attached hydrogens (tertiary/aromatic N) is 2. The molecule has 3 heterocycles. The van der Waals surface area contributed by atoms with Crippen LogP contribution in [0.15, 0.2) is 9.98 Å². The second kappa shape index (κ2) is 10.6. The van der Waals surface area contributed by atoms with Crippen LogP contribution in [0.5, 0.6) is 0 Å². The van der Waals surface area contributed by atoms with Gasteiger partial charge in [-0.25, -0.2) is 14.2 Å². The normalized spacial score (nSPS) is 21.3. The Morgan fingerprint density at radius 2 is 1.93 bits per heavy atom. The maximum absolute atomic E-state index is 3.81. The Hall–Kier alpha value is 0.0700. The van der Waals surface area contributed by atoms with Gasteiger partial charge in [0.05, 0.1) is 18.6 Å². The zero-order valence-corrected chi connectivity index (χ0v) is 10.6. The van der Waals surface area contributed by atoms with Crippen molar-refractivity contribution >= 4 is 47.9 Å². The molecule has 1 saturated heterocycles. The first-order chi connectivity index (χ1) is 7.50. The minimum atomic E-state index is 0.782. The molecule has 0 unspecified atom stereocenters. The lowest BCUT2D eigenvalue weighted by Gasteiger charge is -1.75. The van der Waals surface area contributed by atoms with Crippen LogP contribution in [-0.2, 0) is 0 Å². The monoisotopic (exact) mass is 266 g/mol. The van der Waals surface area contributed by atoms with Gasteiger partial charge in [-0.1, -0.05) is 0 Å². The van der Waals surface area contributed by atoms with Crippen LogP contribution in [0, 0.1) is 0 Å². The van der Waals surface area contributed by atoms with Crippen LogP contribution in [0.2, 0.25) is 0 Å². The third-order valence-electron chi connectivity index (χ3n) is 1.21. The Morgan fingerprint density at radius 1 is 1.07 bits per heavy atom. The first-order valence-electron chi connectivity index (χ1n) is 4.34. The van der Waals surface area contributed by atoms with Gasteiger partial charge in [-0.05, 0) is 23.9 Å². The molecule has 0 radical (unpaired) electrons. The SMILES string of the molecule is C1=NCNS1.C1=NCSN1.C1CNSN1. The summed E-state index contributed by atoms with van der Waals surface area (Å²) >= 11 is 4.71. The molecule has 0 aromatic rings. The van der Waals surface area contributed by atoms with Gasteiger partial charge in [-0.15, -0.1) is 0 Å². The second-order valence-corrected chi connectivity index (χ2v) is 4.60. The van der Waals surface area contributed by atoms with Crippen LogP contribution >= 0.6 is 36.0 Å². The van der Waals surface area contributed by atoms with Crippen LogP contribution in [0.25, 0.3) is 0 Å². The minimum absolute atomic E-state index is 0.782. The predicted molar refractivity (Wildman–Crippen MR) is 71.8 cm³/mol. The molecular weight excluding hydrogens is 252 g/mol. The van der Waals surface area contributed by atoms with Crippen molar-refractivity contribution in [2.75, 3.05) is 25.6 Å². The quantitative estimate of drug-likeness (QED) is 0.467. The van der Waals surface area contributed by atoms with Crippen LogP contribution in [0.1, 0.15) is 0 Å². The predicted octanol–water partition coefficient (Wildman–Crippen LogP) is 0.190. The minimum Gasteiger partial charge on any atom is -0.319 e. The summed E-state index contributed by atoms with van der Waals surface area (Å²) in [4.78, 5) is 7.62. The van der Waals surface area contributed by atoms with Crippen LogP contribution in [0.4, 0.5) is 0 Å². The molecule has 1 fully saturated rings. The summed E-state index contributed by atoms with van der Waals surface area (Å²) < 4.78 is 11.8. The molecule has 0 spiro atoms. The number of hydrogen-bond acceptors (Lipinski definition) is 9. The first kappa shape index (κ1) is 13.1. The summed E-state index contributed by atoms with van der Waals surface area (Å²) in [5, 5.41) is 0. The van der Waals surface area contributed by atoms with Crippen molar-refractivity contribution in [1.82, 2.24) is 18.9 Å². The van der Waals surface area contributed by atoms with Crippen LogP contribution in [-0.4, -0.2) is 37.5 Å². The molecule has 0 aromatic carbocycles. The van der Waals surface area contributed by atoms with Gasteiger partial charge in [-0.2, -0.15) is 0 Å². The fourth-order valence-corrected chi connectivity index (χ4v) is 1.88. The highest BCUT2D eigenvalue weighted by Crippen LogP contribution is 1.94. The Kier molecular flexibility index (Phi) is 9.27. The average molecular weight is 266 g/mol. The number of nitrogens with one attached hydrogen (secondary N) is 4. The van der Waals surface area contributed by atoms with E-state index < -0.39 is 0 Å². The van der Waals surface area contributed by atoms with Crippen molar-refractivity contribution in [2.45, 2.75) is 0 Å². The van der Waals surface area contributed by atoms with E-state index in [4.69, 9.17) is 0 Å². The molecule has 3 rings (SSSR count). The summed E-state index contributed by atoms with van der Waals surface area (Å²) in [6.07, 6.45) is 1.70. The van der Waals surface area contributed by atoms with Gasteiger partial charge in [0.2, 0.25) is 0 Å².